The number of hydrogen-bond acceptors (Lipinski definition) is 6. The molecule has 0 aromatic heterocycles. The van der Waals surface area contributed by atoms with Crippen molar-refractivity contribution in [3.63, 3.8) is 0 Å². The number of nitrogens with zero attached hydrogens (tertiary/aromatic N) is 1. The lowest BCUT2D eigenvalue weighted by Crippen LogP contribution is -2.42. The lowest BCUT2D eigenvalue weighted by molar-refractivity contribution is -0.306. The van der Waals surface area contributed by atoms with Crippen molar-refractivity contribution in [2.24, 2.45) is 0 Å². The number of ether oxygens (including phenoxy) is 2. The monoisotopic (exact) mass is 424 g/mol. The van der Waals surface area contributed by atoms with Crippen LogP contribution in [-0.2, 0) is 21.2 Å². The Labute approximate surface area is 168 Å². The molecule has 0 fully saturated rings. The Morgan fingerprint density at radius 1 is 1.21 bits per heavy atom. The Balaban J connectivity index is 2.14. The van der Waals surface area contributed by atoms with Crippen molar-refractivity contribution in [3.8, 4) is 11.5 Å². The molecule has 0 radical (unpaired) electrons. The minimum atomic E-state index is -4.03. The van der Waals surface area contributed by atoms with Crippen LogP contribution in [0.3, 0.4) is 0 Å². The highest BCUT2D eigenvalue weighted by atomic mass is 35.5. The van der Waals surface area contributed by atoms with E-state index in [1.165, 1.54) is 26.4 Å². The second-order valence-corrected chi connectivity index (χ2v) is 8.56. The maximum atomic E-state index is 13.3. The molecule has 1 heterocycles. The van der Waals surface area contributed by atoms with Gasteiger partial charge in [0.2, 0.25) is 10.0 Å². The molecule has 1 aliphatic heterocycles. The van der Waals surface area contributed by atoms with Crippen LogP contribution in [-0.4, -0.2) is 39.5 Å². The number of carbonyl (C=O) groups is 1. The molecule has 0 saturated heterocycles. The molecule has 2 aromatic rings. The van der Waals surface area contributed by atoms with Gasteiger partial charge in [-0.25, -0.2) is 8.42 Å². The molecule has 0 aliphatic carbocycles. The summed E-state index contributed by atoms with van der Waals surface area (Å²) in [7, 11) is -1.07. The number of fused-ring (bicyclic) bond motifs is 1. The first-order valence-corrected chi connectivity index (χ1v) is 10.3. The number of methoxy groups -OCH3 is 2. The van der Waals surface area contributed by atoms with Crippen LogP contribution in [0, 0.1) is 0 Å². The van der Waals surface area contributed by atoms with Gasteiger partial charge in [-0.1, -0.05) is 23.7 Å². The average Bonchev–Trinajstić information content (AvgIpc) is 2.66. The number of halogens is 1. The van der Waals surface area contributed by atoms with Gasteiger partial charge in [-0.15, -0.1) is 0 Å². The Kier molecular flexibility index (Phi) is 5.83. The third-order valence-corrected chi connectivity index (χ3v) is 7.14. The van der Waals surface area contributed by atoms with E-state index in [1.54, 1.807) is 24.3 Å². The van der Waals surface area contributed by atoms with Gasteiger partial charge in [-0.05, 0) is 41.8 Å². The van der Waals surface area contributed by atoms with Crippen LogP contribution in [0.15, 0.2) is 41.3 Å². The van der Waals surface area contributed by atoms with Crippen LogP contribution in [0.5, 0.6) is 11.5 Å². The van der Waals surface area contributed by atoms with Crippen LogP contribution in [0.1, 0.15) is 23.6 Å². The molecule has 0 saturated carbocycles. The van der Waals surface area contributed by atoms with Crippen LogP contribution in [0.2, 0.25) is 5.02 Å². The molecule has 2 aromatic carbocycles. The van der Waals surface area contributed by atoms with Crippen molar-refractivity contribution in [1.29, 1.82) is 0 Å². The topological polar surface area (TPSA) is 96.0 Å². The number of carboxylic acids is 1. The van der Waals surface area contributed by atoms with E-state index in [0.717, 1.165) is 9.87 Å². The molecule has 7 nitrogen and oxygen atoms in total. The molecular weight excluding hydrogens is 406 g/mol. The van der Waals surface area contributed by atoms with E-state index in [4.69, 9.17) is 21.1 Å². The fourth-order valence-corrected chi connectivity index (χ4v) is 5.54. The highest BCUT2D eigenvalue weighted by Gasteiger charge is 2.38. The maximum Gasteiger partial charge on any atom is 0.245 e. The summed E-state index contributed by atoms with van der Waals surface area (Å²) in [4.78, 5) is 11.4. The summed E-state index contributed by atoms with van der Waals surface area (Å²) in [5.74, 6) is -0.468. The first-order valence-electron chi connectivity index (χ1n) is 8.50. The van der Waals surface area contributed by atoms with E-state index in [2.05, 4.69) is 0 Å². The molecule has 0 spiro atoms. The summed E-state index contributed by atoms with van der Waals surface area (Å²) >= 11 is 6.10. The Bertz CT molecular complexity index is 1010. The summed E-state index contributed by atoms with van der Waals surface area (Å²) in [6.45, 7) is 0.105. The van der Waals surface area contributed by atoms with E-state index < -0.39 is 28.5 Å². The fraction of sp³-hybridized carbons (Fsp3) is 0.316. The van der Waals surface area contributed by atoms with Crippen molar-refractivity contribution in [2.75, 3.05) is 20.8 Å². The van der Waals surface area contributed by atoms with Crippen molar-refractivity contribution in [3.05, 3.63) is 52.5 Å². The average molecular weight is 425 g/mol. The highest BCUT2D eigenvalue weighted by molar-refractivity contribution is 7.89. The standard InChI is InChI=1S/C19H20ClNO6S/c1-26-16-9-12-7-8-21(28(24,25)18-6-4-3-5-14(18)20)15(11-19(22)23)13(12)10-17(16)27-2/h3-6,9-10,15H,7-8,11H2,1-2H3,(H,22,23)/p-1. The molecule has 1 atom stereocenters. The normalized spacial score (nSPS) is 17.0. The first kappa shape index (κ1) is 20.4. The van der Waals surface area contributed by atoms with Gasteiger partial charge in [-0.2, -0.15) is 4.31 Å². The predicted octanol–water partition coefficient (Wildman–Crippen LogP) is 1.79. The van der Waals surface area contributed by atoms with Crippen molar-refractivity contribution < 1.29 is 27.8 Å². The fourth-order valence-electron chi connectivity index (χ4n) is 3.44. The van der Waals surface area contributed by atoms with E-state index >= 15 is 0 Å². The van der Waals surface area contributed by atoms with Crippen molar-refractivity contribution in [2.45, 2.75) is 23.8 Å². The van der Waals surface area contributed by atoms with Crippen LogP contribution in [0.4, 0.5) is 0 Å². The van der Waals surface area contributed by atoms with Crippen molar-refractivity contribution >= 4 is 27.6 Å². The van der Waals surface area contributed by atoms with Gasteiger partial charge in [0.25, 0.3) is 0 Å². The Hall–Kier alpha value is -2.29. The maximum absolute atomic E-state index is 13.3. The summed E-state index contributed by atoms with van der Waals surface area (Å²) < 4.78 is 38.3. The Morgan fingerprint density at radius 3 is 2.46 bits per heavy atom. The van der Waals surface area contributed by atoms with Gasteiger partial charge in [0.05, 0.1) is 25.3 Å². The zero-order valence-electron chi connectivity index (χ0n) is 15.3. The first-order chi connectivity index (χ1) is 13.3. The lowest BCUT2D eigenvalue weighted by atomic mass is 9.92. The minimum absolute atomic E-state index is 0.0658. The number of benzene rings is 2. The van der Waals surface area contributed by atoms with Gasteiger partial charge in [0.15, 0.2) is 11.5 Å². The summed E-state index contributed by atoms with van der Waals surface area (Å²) in [5.41, 5.74) is 1.35. The minimum Gasteiger partial charge on any atom is -0.550 e. The smallest absolute Gasteiger partial charge is 0.245 e. The molecule has 0 amide bonds. The third kappa shape index (κ3) is 3.67. The van der Waals surface area contributed by atoms with E-state index in [1.807, 2.05) is 0 Å². The quantitative estimate of drug-likeness (QED) is 0.701. The number of carboxylic acid groups (broad SMARTS) is 1. The molecule has 0 bridgehead atoms. The number of sulfonamides is 1. The summed E-state index contributed by atoms with van der Waals surface area (Å²) in [6.07, 6.45) is -0.102. The predicted molar refractivity (Wildman–Crippen MR) is 101 cm³/mol. The molecule has 9 heteroatoms. The molecule has 28 heavy (non-hydrogen) atoms. The zero-order valence-corrected chi connectivity index (χ0v) is 16.9. The molecule has 3 rings (SSSR count). The lowest BCUT2D eigenvalue weighted by Gasteiger charge is -2.37. The SMILES string of the molecule is COc1cc2c(cc1OC)C(CC(=O)[O-])N(S(=O)(=O)c1ccccc1Cl)CC2. The van der Waals surface area contributed by atoms with Crippen molar-refractivity contribution in [1.82, 2.24) is 4.31 Å². The Morgan fingerprint density at radius 2 is 1.86 bits per heavy atom. The largest absolute Gasteiger partial charge is 0.550 e. The number of aliphatic carboxylic acids is 1. The van der Waals surface area contributed by atoms with Crippen LogP contribution < -0.4 is 14.6 Å². The van der Waals surface area contributed by atoms with Gasteiger partial charge in [0.1, 0.15) is 4.90 Å². The van der Waals surface area contributed by atoms with Gasteiger partial charge in [0, 0.05) is 18.9 Å². The van der Waals surface area contributed by atoms with E-state index in [-0.39, 0.29) is 16.5 Å². The number of carbonyl (C=O) groups excluding carboxylic acids is 1. The van der Waals surface area contributed by atoms with Gasteiger partial charge in [-0.3, -0.25) is 0 Å². The van der Waals surface area contributed by atoms with Gasteiger partial charge >= 0.3 is 0 Å². The number of rotatable bonds is 6. The molecule has 1 aliphatic rings. The second kappa shape index (κ2) is 7.98. The molecular formula is C19H19ClNO6S-. The van der Waals surface area contributed by atoms with Crippen LogP contribution >= 0.6 is 11.6 Å². The molecule has 0 N–H and O–H groups in total. The highest BCUT2D eigenvalue weighted by Crippen LogP contribution is 2.42. The number of hydrogen-bond donors (Lipinski definition) is 0. The van der Waals surface area contributed by atoms with E-state index in [9.17, 15) is 18.3 Å². The summed E-state index contributed by atoms with van der Waals surface area (Å²) in [6, 6.07) is 8.49. The summed E-state index contributed by atoms with van der Waals surface area (Å²) in [5, 5.41) is 11.5. The third-order valence-electron chi connectivity index (χ3n) is 4.74. The van der Waals surface area contributed by atoms with E-state index in [0.29, 0.717) is 23.5 Å². The van der Waals surface area contributed by atoms with Gasteiger partial charge < -0.3 is 19.4 Å². The van der Waals surface area contributed by atoms with Crippen LogP contribution in [0.25, 0.3) is 0 Å². The zero-order chi connectivity index (χ0) is 20.5. The second-order valence-electron chi connectivity index (χ2n) is 6.29. The molecule has 150 valence electrons. The molecule has 1 unspecified atom stereocenters.